The van der Waals surface area contributed by atoms with E-state index in [9.17, 15) is 4.79 Å². The van der Waals surface area contributed by atoms with Crippen molar-refractivity contribution in [1.29, 1.82) is 0 Å². The maximum absolute atomic E-state index is 12.8. The van der Waals surface area contributed by atoms with Gasteiger partial charge in [-0.25, -0.2) is 0 Å². The van der Waals surface area contributed by atoms with Crippen LogP contribution in [0.1, 0.15) is 52.6 Å². The number of carbonyl (C=O) groups excluding carboxylic acids is 1. The molecular formula is C18H28N2O2. The summed E-state index contributed by atoms with van der Waals surface area (Å²) in [7, 11) is 0. The minimum atomic E-state index is -0.406. The summed E-state index contributed by atoms with van der Waals surface area (Å²) in [5.74, 6) is 1.38. The van der Waals surface area contributed by atoms with Crippen LogP contribution in [0.4, 0.5) is 5.69 Å². The normalized spacial score (nSPS) is 19.4. The zero-order valence-electron chi connectivity index (χ0n) is 14.3. The lowest BCUT2D eigenvalue weighted by atomic mass is 9.99. The summed E-state index contributed by atoms with van der Waals surface area (Å²) < 4.78 is 5.95. The first-order valence-electron chi connectivity index (χ1n) is 8.22. The van der Waals surface area contributed by atoms with Crippen molar-refractivity contribution in [2.24, 2.45) is 17.6 Å². The highest BCUT2D eigenvalue weighted by atomic mass is 16.5. The van der Waals surface area contributed by atoms with Gasteiger partial charge in [0.1, 0.15) is 5.75 Å². The Balaban J connectivity index is 2.45. The number of benzene rings is 1. The molecule has 4 heteroatoms. The molecule has 2 N–H and O–H groups in total. The summed E-state index contributed by atoms with van der Waals surface area (Å²) in [6.07, 6.45) is 0.462. The second kappa shape index (κ2) is 6.69. The molecule has 122 valence electrons. The van der Waals surface area contributed by atoms with Crippen molar-refractivity contribution >= 4 is 11.6 Å². The molecule has 0 radical (unpaired) electrons. The van der Waals surface area contributed by atoms with Gasteiger partial charge in [0, 0.05) is 12.6 Å². The first-order valence-corrected chi connectivity index (χ1v) is 8.22. The summed E-state index contributed by atoms with van der Waals surface area (Å²) in [6, 6.07) is 5.97. The molecule has 0 spiro atoms. The van der Waals surface area contributed by atoms with Gasteiger partial charge in [-0.15, -0.1) is 0 Å². The molecule has 2 atom stereocenters. The molecule has 0 saturated carbocycles. The summed E-state index contributed by atoms with van der Waals surface area (Å²) in [6.45, 7) is 11.0. The molecule has 2 unspecified atom stereocenters. The number of carbonyl (C=O) groups is 1. The lowest BCUT2D eigenvalue weighted by Crippen LogP contribution is -2.49. The van der Waals surface area contributed by atoms with Crippen molar-refractivity contribution < 1.29 is 9.53 Å². The Morgan fingerprint density at radius 3 is 2.50 bits per heavy atom. The summed E-state index contributed by atoms with van der Waals surface area (Å²) >= 11 is 0. The van der Waals surface area contributed by atoms with E-state index in [2.05, 4.69) is 20.8 Å². The molecule has 4 nitrogen and oxygen atoms in total. The van der Waals surface area contributed by atoms with Gasteiger partial charge in [-0.2, -0.15) is 0 Å². The SMILES string of the molecule is CCC(N)c1ccc2c(c1)N(CC(C)C)C(=O)C(C(C)C)O2. The highest BCUT2D eigenvalue weighted by Crippen LogP contribution is 2.38. The Morgan fingerprint density at radius 1 is 1.27 bits per heavy atom. The van der Waals surface area contributed by atoms with Gasteiger partial charge in [0.05, 0.1) is 5.69 Å². The monoisotopic (exact) mass is 304 g/mol. The van der Waals surface area contributed by atoms with Crippen molar-refractivity contribution in [3.8, 4) is 5.75 Å². The lowest BCUT2D eigenvalue weighted by molar-refractivity contribution is -0.128. The lowest BCUT2D eigenvalue weighted by Gasteiger charge is -2.37. The van der Waals surface area contributed by atoms with Gasteiger partial charge < -0.3 is 15.4 Å². The topological polar surface area (TPSA) is 55.6 Å². The average Bonchev–Trinajstić information content (AvgIpc) is 2.47. The number of nitrogens with zero attached hydrogens (tertiary/aromatic N) is 1. The van der Waals surface area contributed by atoms with Crippen molar-refractivity contribution in [3.63, 3.8) is 0 Å². The maximum Gasteiger partial charge on any atom is 0.268 e. The molecular weight excluding hydrogens is 276 g/mol. The molecule has 1 aliphatic rings. The number of fused-ring (bicyclic) bond motifs is 1. The van der Waals surface area contributed by atoms with Crippen LogP contribution in [-0.2, 0) is 4.79 Å². The molecule has 1 heterocycles. The smallest absolute Gasteiger partial charge is 0.268 e. The minimum Gasteiger partial charge on any atom is -0.478 e. The molecule has 0 fully saturated rings. The standard InChI is InChI=1S/C18H28N2O2/c1-6-14(19)13-7-8-16-15(9-13)20(10-11(2)3)18(21)17(22-16)12(4)5/h7-9,11-12,14,17H,6,10,19H2,1-5H3. The second-order valence-electron chi connectivity index (χ2n) is 6.87. The summed E-state index contributed by atoms with van der Waals surface area (Å²) in [5.41, 5.74) is 8.05. The quantitative estimate of drug-likeness (QED) is 0.905. The van der Waals surface area contributed by atoms with Crippen LogP contribution in [0.3, 0.4) is 0 Å². The molecule has 1 aromatic carbocycles. The largest absolute Gasteiger partial charge is 0.478 e. The predicted molar refractivity (Wildman–Crippen MR) is 90.1 cm³/mol. The number of ether oxygens (including phenoxy) is 1. The van der Waals surface area contributed by atoms with E-state index in [1.54, 1.807) is 0 Å². The molecule has 0 aromatic heterocycles. The van der Waals surface area contributed by atoms with Crippen LogP contribution in [-0.4, -0.2) is 18.6 Å². The van der Waals surface area contributed by atoms with E-state index in [0.717, 1.165) is 23.4 Å². The number of nitrogens with two attached hydrogens (primary N) is 1. The molecule has 0 bridgehead atoms. The van der Waals surface area contributed by atoms with Crippen molar-refractivity contribution in [2.45, 2.75) is 53.2 Å². The third-order valence-electron chi connectivity index (χ3n) is 4.06. The zero-order valence-corrected chi connectivity index (χ0v) is 14.3. The Hall–Kier alpha value is -1.55. The van der Waals surface area contributed by atoms with Crippen molar-refractivity contribution in [1.82, 2.24) is 0 Å². The van der Waals surface area contributed by atoms with Crippen molar-refractivity contribution in [2.75, 3.05) is 11.4 Å². The fourth-order valence-electron chi connectivity index (χ4n) is 2.75. The van der Waals surface area contributed by atoms with Crippen LogP contribution in [0, 0.1) is 11.8 Å². The Kier molecular flexibility index (Phi) is 5.12. The second-order valence-corrected chi connectivity index (χ2v) is 6.87. The minimum absolute atomic E-state index is 0.0101. The van der Waals surface area contributed by atoms with Crippen LogP contribution in [0.5, 0.6) is 5.75 Å². The van der Waals surface area contributed by atoms with Gasteiger partial charge in [-0.1, -0.05) is 40.7 Å². The van der Waals surface area contributed by atoms with E-state index in [0.29, 0.717) is 12.5 Å². The Bertz CT molecular complexity index is 540. The van der Waals surface area contributed by atoms with E-state index >= 15 is 0 Å². The van der Waals surface area contributed by atoms with Crippen LogP contribution in [0.15, 0.2) is 18.2 Å². The van der Waals surface area contributed by atoms with Gasteiger partial charge in [0.15, 0.2) is 6.10 Å². The number of anilines is 1. The number of hydrogen-bond acceptors (Lipinski definition) is 3. The predicted octanol–water partition coefficient (Wildman–Crippen LogP) is 3.50. The van der Waals surface area contributed by atoms with E-state index < -0.39 is 6.10 Å². The van der Waals surface area contributed by atoms with E-state index in [-0.39, 0.29) is 17.9 Å². The number of rotatable bonds is 5. The third-order valence-corrected chi connectivity index (χ3v) is 4.06. The molecule has 1 aromatic rings. The van der Waals surface area contributed by atoms with E-state index in [1.807, 2.05) is 36.9 Å². The summed E-state index contributed by atoms with van der Waals surface area (Å²) in [5, 5.41) is 0. The molecule has 1 aliphatic heterocycles. The van der Waals surface area contributed by atoms with Crippen LogP contribution in [0.2, 0.25) is 0 Å². The number of hydrogen-bond donors (Lipinski definition) is 1. The first-order chi connectivity index (χ1) is 10.3. The van der Waals surface area contributed by atoms with Gasteiger partial charge in [-0.3, -0.25) is 4.79 Å². The fourth-order valence-corrected chi connectivity index (χ4v) is 2.75. The first kappa shape index (κ1) is 16.8. The van der Waals surface area contributed by atoms with Crippen LogP contribution >= 0.6 is 0 Å². The molecule has 0 aliphatic carbocycles. The van der Waals surface area contributed by atoms with Gasteiger partial charge in [-0.05, 0) is 36.0 Å². The molecule has 1 amide bonds. The van der Waals surface area contributed by atoms with Crippen molar-refractivity contribution in [3.05, 3.63) is 23.8 Å². The zero-order chi connectivity index (χ0) is 16.4. The van der Waals surface area contributed by atoms with Crippen LogP contribution in [0.25, 0.3) is 0 Å². The summed E-state index contributed by atoms with van der Waals surface area (Å²) in [4.78, 5) is 14.7. The molecule has 2 rings (SSSR count). The fraction of sp³-hybridized carbons (Fsp3) is 0.611. The van der Waals surface area contributed by atoms with E-state index in [1.165, 1.54) is 0 Å². The number of amides is 1. The average molecular weight is 304 g/mol. The Labute approximate surface area is 133 Å². The van der Waals surface area contributed by atoms with E-state index in [4.69, 9.17) is 10.5 Å². The van der Waals surface area contributed by atoms with Crippen LogP contribution < -0.4 is 15.4 Å². The molecule has 22 heavy (non-hydrogen) atoms. The van der Waals surface area contributed by atoms with Gasteiger partial charge >= 0.3 is 0 Å². The maximum atomic E-state index is 12.8. The third kappa shape index (κ3) is 3.27. The Morgan fingerprint density at radius 2 is 1.95 bits per heavy atom. The highest BCUT2D eigenvalue weighted by molar-refractivity contribution is 6.00. The highest BCUT2D eigenvalue weighted by Gasteiger charge is 2.36. The van der Waals surface area contributed by atoms with Gasteiger partial charge in [0.25, 0.3) is 5.91 Å². The molecule has 0 saturated heterocycles. The van der Waals surface area contributed by atoms with Gasteiger partial charge in [0.2, 0.25) is 0 Å².